The molecule has 0 aliphatic carbocycles. The van der Waals surface area contributed by atoms with Gasteiger partial charge in [-0.3, -0.25) is 4.55 Å². The van der Waals surface area contributed by atoms with Gasteiger partial charge in [-0.2, -0.15) is 8.42 Å². The van der Waals surface area contributed by atoms with Gasteiger partial charge < -0.3 is 9.84 Å². The Hall–Kier alpha value is -1.05. The first-order valence-electron chi connectivity index (χ1n) is 8.46. The van der Waals surface area contributed by atoms with Gasteiger partial charge in [0, 0.05) is 0 Å². The van der Waals surface area contributed by atoms with E-state index in [-0.39, 0.29) is 51.7 Å². The molecule has 0 bridgehead atoms. The number of hydrogen-bond acceptors (Lipinski definition) is 4. The Labute approximate surface area is 177 Å². The van der Waals surface area contributed by atoms with Crippen molar-refractivity contribution in [1.82, 2.24) is 0 Å². The first kappa shape index (κ1) is 23.0. The van der Waals surface area contributed by atoms with Gasteiger partial charge in [0.2, 0.25) is 0 Å². The third-order valence-electron chi connectivity index (χ3n) is 3.96. The molecule has 2 aromatic rings. The fraction of sp³-hybridized carbons (Fsp3) is 0.368. The summed E-state index contributed by atoms with van der Waals surface area (Å²) in [6.45, 7) is 2.15. The second-order valence-electron chi connectivity index (χ2n) is 5.93. The minimum absolute atomic E-state index is 0. The summed E-state index contributed by atoms with van der Waals surface area (Å²) in [5.74, 6) is -0.257. The van der Waals surface area contributed by atoms with Crippen LogP contribution in [0.1, 0.15) is 44.6 Å². The monoisotopic (exact) mass is 386 g/mol. The molecular weight excluding hydrogens is 363 g/mol. The molecule has 0 unspecified atom stereocenters. The molecule has 0 heterocycles. The van der Waals surface area contributed by atoms with Crippen LogP contribution in [0.15, 0.2) is 47.4 Å². The van der Waals surface area contributed by atoms with Gasteiger partial charge in [-0.25, -0.2) is 0 Å². The largest absolute Gasteiger partial charge is 1.00 e. The minimum Gasteiger partial charge on any atom is -0.870 e. The number of rotatable bonds is 9. The maximum Gasteiger partial charge on any atom is 1.00 e. The smallest absolute Gasteiger partial charge is 0.870 e. The maximum atomic E-state index is 12.5. The van der Waals surface area contributed by atoms with Crippen LogP contribution in [-0.2, 0) is 16.5 Å². The van der Waals surface area contributed by atoms with Gasteiger partial charge in [0.1, 0.15) is 16.4 Å². The molecule has 2 rings (SSSR count). The second-order valence-corrected chi connectivity index (χ2v) is 7.32. The Kier molecular flexibility index (Phi) is 9.68. The molecule has 0 fully saturated rings. The molecule has 0 radical (unpaired) electrons. The molecule has 0 amide bonds. The van der Waals surface area contributed by atoms with E-state index in [1.54, 1.807) is 18.2 Å². The first-order valence-corrected chi connectivity index (χ1v) is 9.90. The predicted octanol–water partition coefficient (Wildman–Crippen LogP) is 1.32. The van der Waals surface area contributed by atoms with E-state index in [0.29, 0.717) is 12.0 Å². The van der Waals surface area contributed by atoms with E-state index in [1.807, 2.05) is 0 Å². The van der Waals surface area contributed by atoms with Crippen molar-refractivity contribution in [3.8, 4) is 17.2 Å². The third-order valence-corrected chi connectivity index (χ3v) is 4.85. The zero-order valence-electron chi connectivity index (χ0n) is 15.3. The van der Waals surface area contributed by atoms with E-state index in [1.165, 1.54) is 37.1 Å². The van der Waals surface area contributed by atoms with Crippen molar-refractivity contribution in [2.75, 3.05) is 0 Å². The van der Waals surface area contributed by atoms with Gasteiger partial charge in [-0.15, -0.1) is 0 Å². The Bertz CT molecular complexity index is 805. The summed E-state index contributed by atoms with van der Waals surface area (Å²) >= 11 is 0. The van der Waals surface area contributed by atoms with E-state index in [9.17, 15) is 18.1 Å². The number of unbranched alkanes of at least 4 members (excludes halogenated alkanes) is 4. The molecule has 7 heteroatoms. The molecule has 0 aromatic heterocycles. The Balaban J connectivity index is 0.00000338. The molecule has 0 spiro atoms. The summed E-state index contributed by atoms with van der Waals surface area (Å²) in [7, 11) is -4.43. The fourth-order valence-corrected chi connectivity index (χ4v) is 3.24. The standard InChI is InChI=1S/C19H24O5S.Na/c1-2-3-4-5-6-10-15-11-9-13-17(19(15)20)24-16-12-7-8-14-18(16)25(21,22)23;/h7-9,11-14,20H,2-6,10H2,1H3,(H,21,22,23);/q;+1/p-1. The van der Waals surface area contributed by atoms with Crippen molar-refractivity contribution >= 4 is 10.1 Å². The van der Waals surface area contributed by atoms with Crippen molar-refractivity contribution in [3.63, 3.8) is 0 Å². The van der Waals surface area contributed by atoms with E-state index < -0.39 is 10.1 Å². The molecule has 0 saturated heterocycles. The molecule has 0 aliphatic rings. The van der Waals surface area contributed by atoms with Crippen LogP contribution < -0.4 is 39.4 Å². The molecule has 5 nitrogen and oxygen atoms in total. The molecule has 2 aromatic carbocycles. The minimum atomic E-state index is -4.43. The van der Waals surface area contributed by atoms with Gasteiger partial charge in [0.05, 0.1) is 0 Å². The Morgan fingerprint density at radius 1 is 0.962 bits per heavy atom. The van der Waals surface area contributed by atoms with E-state index in [2.05, 4.69) is 6.92 Å². The van der Waals surface area contributed by atoms with Crippen LogP contribution >= 0.6 is 0 Å². The van der Waals surface area contributed by atoms with Crippen molar-refractivity contribution < 1.29 is 52.4 Å². The number of hydrogen-bond donors (Lipinski definition) is 1. The maximum absolute atomic E-state index is 12.5. The summed E-state index contributed by atoms with van der Waals surface area (Å²) in [5, 5.41) is 12.5. The predicted molar refractivity (Wildman–Crippen MR) is 94.7 cm³/mol. The summed E-state index contributed by atoms with van der Waals surface area (Å²) < 4.78 is 37.6. The average Bonchev–Trinajstić information content (AvgIpc) is 2.57. The SMILES string of the molecule is CCCCCCCc1cccc(Oc2ccccc2S(=O)(=O)O)c1[O-].[Na+]. The van der Waals surface area contributed by atoms with Crippen LogP contribution in [0.25, 0.3) is 0 Å². The topological polar surface area (TPSA) is 86.7 Å². The van der Waals surface area contributed by atoms with Crippen molar-refractivity contribution in [2.45, 2.75) is 50.3 Å². The molecule has 136 valence electrons. The third kappa shape index (κ3) is 6.59. The van der Waals surface area contributed by atoms with Crippen LogP contribution in [0.4, 0.5) is 0 Å². The zero-order valence-corrected chi connectivity index (χ0v) is 18.1. The average molecular weight is 386 g/mol. The molecule has 0 saturated carbocycles. The van der Waals surface area contributed by atoms with Crippen LogP contribution in [-0.4, -0.2) is 13.0 Å². The Morgan fingerprint density at radius 2 is 1.62 bits per heavy atom. The number of para-hydroxylation sites is 2. The van der Waals surface area contributed by atoms with Crippen LogP contribution in [0.3, 0.4) is 0 Å². The summed E-state index contributed by atoms with van der Waals surface area (Å²) in [4.78, 5) is -0.362. The van der Waals surface area contributed by atoms with Crippen LogP contribution in [0, 0.1) is 0 Å². The first-order chi connectivity index (χ1) is 11.9. The number of benzene rings is 2. The summed E-state index contributed by atoms with van der Waals surface area (Å²) in [5.41, 5.74) is 0.651. The van der Waals surface area contributed by atoms with E-state index >= 15 is 0 Å². The van der Waals surface area contributed by atoms with Crippen molar-refractivity contribution in [1.29, 1.82) is 0 Å². The van der Waals surface area contributed by atoms with Crippen molar-refractivity contribution in [2.24, 2.45) is 0 Å². The van der Waals surface area contributed by atoms with Gasteiger partial charge in [0.15, 0.2) is 0 Å². The summed E-state index contributed by atoms with van der Waals surface area (Å²) in [6, 6.07) is 10.7. The second kappa shape index (κ2) is 10.9. The zero-order chi connectivity index (χ0) is 18.3. The molecular formula is C19H23NaO5S. The summed E-state index contributed by atoms with van der Waals surface area (Å²) in [6.07, 6.45) is 6.19. The van der Waals surface area contributed by atoms with Gasteiger partial charge >= 0.3 is 29.6 Å². The molecule has 1 N–H and O–H groups in total. The fourth-order valence-electron chi connectivity index (χ4n) is 2.62. The molecule has 0 aliphatic heterocycles. The normalized spacial score (nSPS) is 11.0. The quantitative estimate of drug-likeness (QED) is 0.399. The van der Waals surface area contributed by atoms with E-state index in [0.717, 1.165) is 19.3 Å². The van der Waals surface area contributed by atoms with Crippen molar-refractivity contribution in [3.05, 3.63) is 48.0 Å². The van der Waals surface area contributed by atoms with Gasteiger partial charge in [-0.05, 0) is 31.0 Å². The van der Waals surface area contributed by atoms with Gasteiger partial charge in [-0.1, -0.05) is 68.2 Å². The molecule has 0 atom stereocenters. The van der Waals surface area contributed by atoms with Crippen LogP contribution in [0.2, 0.25) is 0 Å². The van der Waals surface area contributed by atoms with E-state index in [4.69, 9.17) is 4.74 Å². The number of aryl methyl sites for hydroxylation is 1. The van der Waals surface area contributed by atoms with Gasteiger partial charge in [0.25, 0.3) is 10.1 Å². The Morgan fingerprint density at radius 3 is 2.31 bits per heavy atom. The number of ether oxygens (including phenoxy) is 1. The van der Waals surface area contributed by atoms with Crippen LogP contribution in [0.5, 0.6) is 17.2 Å². The molecule has 26 heavy (non-hydrogen) atoms.